The van der Waals surface area contributed by atoms with Crippen molar-refractivity contribution in [3.05, 3.63) is 42.5 Å². The maximum atomic E-state index is 12.8. The average Bonchev–Trinajstić information content (AvgIpc) is 2.57. The van der Waals surface area contributed by atoms with Gasteiger partial charge in [0, 0.05) is 20.7 Å². The van der Waals surface area contributed by atoms with Crippen LogP contribution in [0, 0.1) is 11.8 Å². The third-order valence-corrected chi connectivity index (χ3v) is 7.27. The number of rotatable bonds is 3. The van der Waals surface area contributed by atoms with Gasteiger partial charge in [0.15, 0.2) is 0 Å². The van der Waals surface area contributed by atoms with Crippen LogP contribution >= 0.6 is 31.9 Å². The number of benzene rings is 2. The van der Waals surface area contributed by atoms with Crippen LogP contribution < -0.4 is 5.32 Å². The van der Waals surface area contributed by atoms with E-state index in [0.29, 0.717) is 18.5 Å². The molecule has 2 N–H and O–H groups in total. The van der Waals surface area contributed by atoms with Crippen molar-refractivity contribution in [1.82, 2.24) is 0 Å². The maximum Gasteiger partial charge on any atom is 0.307 e. The van der Waals surface area contributed by atoms with Crippen molar-refractivity contribution in [2.75, 3.05) is 5.32 Å². The zero-order valence-corrected chi connectivity index (χ0v) is 16.0. The molecule has 4 nitrogen and oxygen atoms in total. The van der Waals surface area contributed by atoms with Gasteiger partial charge in [0.05, 0.1) is 11.8 Å². The molecule has 1 aliphatic carbocycles. The first kappa shape index (κ1) is 17.4. The smallest absolute Gasteiger partial charge is 0.307 e. The Labute approximate surface area is 156 Å². The molecule has 126 valence electrons. The molecule has 1 aliphatic rings. The number of aliphatic carboxylic acids is 1. The number of fused-ring (bicyclic) bond motifs is 1. The van der Waals surface area contributed by atoms with E-state index in [9.17, 15) is 14.7 Å². The van der Waals surface area contributed by atoms with Gasteiger partial charge in [-0.1, -0.05) is 68.3 Å². The molecular weight excluding hydrogens is 438 g/mol. The lowest BCUT2D eigenvalue weighted by Crippen LogP contribution is -2.42. The van der Waals surface area contributed by atoms with Crippen LogP contribution in [0.2, 0.25) is 0 Å². The summed E-state index contributed by atoms with van der Waals surface area (Å²) in [4.78, 5) is 24.5. The van der Waals surface area contributed by atoms with Gasteiger partial charge in [-0.2, -0.15) is 0 Å². The largest absolute Gasteiger partial charge is 0.481 e. The molecule has 1 saturated carbocycles. The van der Waals surface area contributed by atoms with Gasteiger partial charge in [0.1, 0.15) is 0 Å². The molecule has 0 spiro atoms. The fourth-order valence-corrected chi connectivity index (χ4v) is 4.47. The van der Waals surface area contributed by atoms with E-state index in [4.69, 9.17) is 0 Å². The molecule has 2 aromatic carbocycles. The second kappa shape index (κ2) is 7.23. The third kappa shape index (κ3) is 3.49. The standard InChI is InChI=1S/C18H17Br2NO3/c19-14-8-12(13(18(23)24)9-15(14)20)17(22)21-16-7-3-5-10-4-1-2-6-11(10)16/h1-7,12-15H,8-9H2,(H,21,22)(H,23,24). The summed E-state index contributed by atoms with van der Waals surface area (Å²) in [6.45, 7) is 0. The molecule has 2 aromatic rings. The molecule has 4 atom stereocenters. The number of carbonyl (C=O) groups is 2. The van der Waals surface area contributed by atoms with E-state index in [2.05, 4.69) is 37.2 Å². The Balaban J connectivity index is 1.86. The zero-order chi connectivity index (χ0) is 17.3. The van der Waals surface area contributed by atoms with Gasteiger partial charge < -0.3 is 10.4 Å². The predicted octanol–water partition coefficient (Wildman–Crippen LogP) is 4.42. The van der Waals surface area contributed by atoms with Crippen molar-refractivity contribution in [1.29, 1.82) is 0 Å². The summed E-state index contributed by atoms with van der Waals surface area (Å²) < 4.78 is 0. The monoisotopic (exact) mass is 453 g/mol. The number of carbonyl (C=O) groups excluding carboxylic acids is 1. The van der Waals surface area contributed by atoms with Crippen LogP contribution in [-0.2, 0) is 9.59 Å². The van der Waals surface area contributed by atoms with Crippen LogP contribution in [-0.4, -0.2) is 26.6 Å². The number of hydrogen-bond donors (Lipinski definition) is 2. The molecule has 0 radical (unpaired) electrons. The molecule has 0 saturated heterocycles. The molecule has 1 fully saturated rings. The Morgan fingerprint density at radius 1 is 0.958 bits per heavy atom. The molecular formula is C18H17Br2NO3. The van der Waals surface area contributed by atoms with Gasteiger partial charge in [-0.25, -0.2) is 0 Å². The summed E-state index contributed by atoms with van der Waals surface area (Å²) in [5.41, 5.74) is 0.717. The van der Waals surface area contributed by atoms with Gasteiger partial charge in [0.25, 0.3) is 0 Å². The van der Waals surface area contributed by atoms with E-state index < -0.39 is 17.8 Å². The number of carboxylic acids is 1. The summed E-state index contributed by atoms with van der Waals surface area (Å²) >= 11 is 7.04. The maximum absolute atomic E-state index is 12.8. The van der Waals surface area contributed by atoms with Crippen molar-refractivity contribution in [3.8, 4) is 0 Å². The molecule has 0 bridgehead atoms. The normalized spacial score (nSPS) is 26.9. The van der Waals surface area contributed by atoms with Crippen LogP contribution in [0.15, 0.2) is 42.5 Å². The SMILES string of the molecule is O=C(O)C1CC(Br)C(Br)CC1C(=O)Nc1cccc2ccccc12. The van der Waals surface area contributed by atoms with Gasteiger partial charge in [0.2, 0.25) is 5.91 Å². The molecule has 1 amide bonds. The Kier molecular flexibility index (Phi) is 5.25. The Hall–Kier alpha value is -1.40. The van der Waals surface area contributed by atoms with Crippen molar-refractivity contribution >= 4 is 60.2 Å². The van der Waals surface area contributed by atoms with E-state index in [1.165, 1.54) is 0 Å². The van der Waals surface area contributed by atoms with E-state index in [-0.39, 0.29) is 15.6 Å². The van der Waals surface area contributed by atoms with Crippen LogP contribution in [0.1, 0.15) is 12.8 Å². The zero-order valence-electron chi connectivity index (χ0n) is 12.8. The minimum absolute atomic E-state index is 0.0557. The number of halogens is 2. The van der Waals surface area contributed by atoms with Crippen molar-refractivity contribution in [2.24, 2.45) is 11.8 Å². The van der Waals surface area contributed by atoms with E-state index >= 15 is 0 Å². The highest BCUT2D eigenvalue weighted by Crippen LogP contribution is 2.38. The summed E-state index contributed by atoms with van der Waals surface area (Å²) in [5.74, 6) is -2.39. The van der Waals surface area contributed by atoms with Crippen molar-refractivity contribution in [2.45, 2.75) is 22.5 Å². The van der Waals surface area contributed by atoms with Crippen LogP contribution in [0.25, 0.3) is 10.8 Å². The highest BCUT2D eigenvalue weighted by atomic mass is 79.9. The molecule has 0 aromatic heterocycles. The second-order valence-electron chi connectivity index (χ2n) is 6.07. The lowest BCUT2D eigenvalue weighted by molar-refractivity contribution is -0.147. The number of alkyl halides is 2. The van der Waals surface area contributed by atoms with E-state index in [1.807, 2.05) is 42.5 Å². The summed E-state index contributed by atoms with van der Waals surface area (Å²) in [7, 11) is 0. The molecule has 0 heterocycles. The lowest BCUT2D eigenvalue weighted by atomic mass is 9.78. The van der Waals surface area contributed by atoms with E-state index in [0.717, 1.165) is 10.8 Å². The van der Waals surface area contributed by atoms with Crippen LogP contribution in [0.4, 0.5) is 5.69 Å². The average molecular weight is 455 g/mol. The molecule has 4 unspecified atom stereocenters. The van der Waals surface area contributed by atoms with Crippen molar-refractivity contribution in [3.63, 3.8) is 0 Å². The summed E-state index contributed by atoms with van der Waals surface area (Å²) in [5, 5.41) is 14.4. The fourth-order valence-electron chi connectivity index (χ4n) is 3.23. The summed E-state index contributed by atoms with van der Waals surface area (Å²) in [6.07, 6.45) is 0.919. The lowest BCUT2D eigenvalue weighted by Gasteiger charge is -2.34. The highest BCUT2D eigenvalue weighted by Gasteiger charge is 2.42. The predicted molar refractivity (Wildman–Crippen MR) is 102 cm³/mol. The van der Waals surface area contributed by atoms with Gasteiger partial charge in [-0.05, 0) is 24.3 Å². The Morgan fingerprint density at radius 2 is 1.58 bits per heavy atom. The minimum atomic E-state index is -0.920. The molecule has 6 heteroatoms. The summed E-state index contributed by atoms with van der Waals surface area (Å²) in [6, 6.07) is 13.5. The van der Waals surface area contributed by atoms with Gasteiger partial charge >= 0.3 is 5.97 Å². The van der Waals surface area contributed by atoms with E-state index in [1.54, 1.807) is 0 Å². The first-order valence-corrected chi connectivity index (χ1v) is 9.60. The van der Waals surface area contributed by atoms with Crippen molar-refractivity contribution < 1.29 is 14.7 Å². The highest BCUT2D eigenvalue weighted by molar-refractivity contribution is 9.12. The number of nitrogens with one attached hydrogen (secondary N) is 1. The van der Waals surface area contributed by atoms with Crippen LogP contribution in [0.5, 0.6) is 0 Å². The number of amides is 1. The first-order valence-electron chi connectivity index (χ1n) is 7.77. The van der Waals surface area contributed by atoms with Gasteiger partial charge in [-0.3, -0.25) is 9.59 Å². The number of carboxylic acid groups (broad SMARTS) is 1. The quantitative estimate of drug-likeness (QED) is 0.674. The number of hydrogen-bond acceptors (Lipinski definition) is 2. The fraction of sp³-hybridized carbons (Fsp3) is 0.333. The van der Waals surface area contributed by atoms with Crippen LogP contribution in [0.3, 0.4) is 0 Å². The topological polar surface area (TPSA) is 66.4 Å². The number of anilines is 1. The van der Waals surface area contributed by atoms with Gasteiger partial charge in [-0.15, -0.1) is 0 Å². The Morgan fingerprint density at radius 3 is 2.29 bits per heavy atom. The minimum Gasteiger partial charge on any atom is -0.481 e. The molecule has 0 aliphatic heterocycles. The third-order valence-electron chi connectivity index (χ3n) is 4.54. The molecule has 3 rings (SSSR count). The Bertz CT molecular complexity index is 774. The first-order chi connectivity index (χ1) is 11.5. The second-order valence-corrected chi connectivity index (χ2v) is 8.42. The molecule has 24 heavy (non-hydrogen) atoms.